The van der Waals surface area contributed by atoms with Gasteiger partial charge in [-0.2, -0.15) is 30.7 Å². The molecule has 0 aliphatic carbocycles. The average Bonchev–Trinajstić information content (AvgIpc) is 3.03. The summed E-state index contributed by atoms with van der Waals surface area (Å²) in [6.45, 7) is 0.423. The molecule has 0 bridgehead atoms. The Morgan fingerprint density at radius 3 is 2.16 bits per heavy atom. The molecule has 1 atom stereocenters. The van der Waals surface area contributed by atoms with E-state index < -0.39 is 70.0 Å². The fourth-order valence-corrected chi connectivity index (χ4v) is 5.05. The molecule has 49 heavy (non-hydrogen) atoms. The molecule has 1 amide bonds. The maximum absolute atomic E-state index is 15.2. The van der Waals surface area contributed by atoms with Crippen LogP contribution in [-0.4, -0.2) is 38.7 Å². The van der Waals surface area contributed by atoms with Crippen LogP contribution in [0, 0.1) is 17.5 Å². The maximum atomic E-state index is 15.2. The highest BCUT2D eigenvalue weighted by atomic mass is 19.4. The molecule has 0 aromatic heterocycles. The van der Waals surface area contributed by atoms with Gasteiger partial charge in [-0.15, -0.1) is 0 Å². The van der Waals surface area contributed by atoms with Crippen LogP contribution in [-0.2, 0) is 29.4 Å². The molecule has 15 heteroatoms. The van der Waals surface area contributed by atoms with E-state index in [1.807, 2.05) is 0 Å². The van der Waals surface area contributed by atoms with Crippen LogP contribution >= 0.6 is 0 Å². The third kappa shape index (κ3) is 9.09. The lowest BCUT2D eigenvalue weighted by Gasteiger charge is -2.37. The molecule has 0 aliphatic heterocycles. The molecule has 0 aliphatic rings. The van der Waals surface area contributed by atoms with E-state index >= 15 is 8.78 Å². The topological polar surface area (TPSA) is 59.6 Å². The Balaban J connectivity index is 1.98. The van der Waals surface area contributed by atoms with Gasteiger partial charge in [0.2, 0.25) is 0 Å². The van der Waals surface area contributed by atoms with Crippen LogP contribution in [0.5, 0.6) is 5.75 Å². The van der Waals surface area contributed by atoms with Crippen molar-refractivity contribution in [2.24, 2.45) is 0 Å². The standard InChI is InChI=1S/C34H28F10N2O3/c1-48-12-11-45-19-22-13-23(8-10-28(22)36)32(18-20-5-3-2-4-6-20,24-15-25(35)17-26(16-24)49-34(43,44)31(38)39)46-30(47)21-7-9-29(37)27(14-21)33(40,41)42/h2-10,13-17,31,45H,11-12,18-19H2,1H3,(H,46,47). The summed E-state index contributed by atoms with van der Waals surface area (Å²) in [5.41, 5.74) is -4.63. The van der Waals surface area contributed by atoms with Gasteiger partial charge in [-0.05, 0) is 59.2 Å². The number of carbonyl (C=O) groups is 1. The summed E-state index contributed by atoms with van der Waals surface area (Å²) in [7, 11) is 1.44. The van der Waals surface area contributed by atoms with Gasteiger partial charge in [0.15, 0.2) is 0 Å². The lowest BCUT2D eigenvalue weighted by atomic mass is 9.77. The van der Waals surface area contributed by atoms with Gasteiger partial charge < -0.3 is 20.1 Å². The number of carbonyl (C=O) groups excluding carboxylic acids is 1. The molecule has 0 spiro atoms. The van der Waals surface area contributed by atoms with E-state index in [9.17, 15) is 39.9 Å². The predicted molar refractivity (Wildman–Crippen MR) is 158 cm³/mol. The highest BCUT2D eigenvalue weighted by molar-refractivity contribution is 5.95. The molecule has 0 heterocycles. The van der Waals surface area contributed by atoms with Gasteiger partial charge in [-0.1, -0.05) is 36.4 Å². The van der Waals surface area contributed by atoms with Crippen LogP contribution in [0.1, 0.15) is 38.2 Å². The minimum Gasteiger partial charge on any atom is -0.428 e. The zero-order chi connectivity index (χ0) is 36.0. The molecule has 0 fully saturated rings. The minimum atomic E-state index is -5.20. The number of nitrogens with one attached hydrogen (secondary N) is 2. The van der Waals surface area contributed by atoms with E-state index in [1.165, 1.54) is 19.2 Å². The highest BCUT2D eigenvalue weighted by Gasteiger charge is 2.45. The van der Waals surface area contributed by atoms with Crippen molar-refractivity contribution in [1.29, 1.82) is 0 Å². The molecule has 0 saturated carbocycles. The normalized spacial score (nSPS) is 13.3. The summed E-state index contributed by atoms with van der Waals surface area (Å²) in [5, 5.41) is 5.47. The van der Waals surface area contributed by atoms with E-state index in [4.69, 9.17) is 4.74 Å². The summed E-state index contributed by atoms with van der Waals surface area (Å²) in [4.78, 5) is 13.8. The first-order chi connectivity index (χ1) is 23.1. The Hall–Kier alpha value is -4.63. The number of benzene rings is 4. The fraction of sp³-hybridized carbons (Fsp3) is 0.265. The van der Waals surface area contributed by atoms with Gasteiger partial charge in [0.1, 0.15) is 23.2 Å². The number of amides is 1. The van der Waals surface area contributed by atoms with Gasteiger partial charge in [0, 0.05) is 43.8 Å². The largest absolute Gasteiger partial charge is 0.461 e. The van der Waals surface area contributed by atoms with E-state index in [2.05, 4.69) is 15.4 Å². The van der Waals surface area contributed by atoms with Crippen molar-refractivity contribution >= 4 is 5.91 Å². The molecule has 262 valence electrons. The van der Waals surface area contributed by atoms with Gasteiger partial charge in [-0.25, -0.2) is 13.2 Å². The van der Waals surface area contributed by atoms with Crippen molar-refractivity contribution in [2.75, 3.05) is 20.3 Å². The van der Waals surface area contributed by atoms with Crippen molar-refractivity contribution in [3.05, 3.63) is 136 Å². The number of hydrogen-bond donors (Lipinski definition) is 2. The SMILES string of the molecule is COCCNCc1cc(C(Cc2ccccc2)(NC(=O)c2ccc(F)c(C(F)(F)F)c2)c2cc(F)cc(OC(F)(F)C(F)F)c2)ccc1F. The van der Waals surface area contributed by atoms with Crippen molar-refractivity contribution < 1.29 is 58.2 Å². The minimum absolute atomic E-state index is 0.00135. The van der Waals surface area contributed by atoms with Gasteiger partial charge in [-0.3, -0.25) is 4.79 Å². The number of methoxy groups -OCH3 is 1. The van der Waals surface area contributed by atoms with Gasteiger partial charge in [0.05, 0.1) is 17.7 Å². The van der Waals surface area contributed by atoms with Crippen LogP contribution in [0.4, 0.5) is 43.9 Å². The van der Waals surface area contributed by atoms with Crippen LogP contribution in [0.3, 0.4) is 0 Å². The molecular formula is C34H28F10N2O3. The summed E-state index contributed by atoms with van der Waals surface area (Å²) in [5.74, 6) is -6.04. The fourth-order valence-electron chi connectivity index (χ4n) is 5.05. The van der Waals surface area contributed by atoms with Crippen LogP contribution in [0.2, 0.25) is 0 Å². The lowest BCUT2D eigenvalue weighted by molar-refractivity contribution is -0.253. The van der Waals surface area contributed by atoms with Crippen molar-refractivity contribution in [2.45, 2.75) is 37.2 Å². The Kier molecular flexibility index (Phi) is 11.6. The monoisotopic (exact) mass is 702 g/mol. The van der Waals surface area contributed by atoms with Crippen molar-refractivity contribution in [1.82, 2.24) is 10.6 Å². The number of rotatable bonds is 14. The van der Waals surface area contributed by atoms with Crippen molar-refractivity contribution in [3.63, 3.8) is 0 Å². The Labute approximate surface area is 273 Å². The summed E-state index contributed by atoms with van der Waals surface area (Å²) in [6.07, 6.45) is -15.0. The van der Waals surface area contributed by atoms with Crippen molar-refractivity contribution in [3.8, 4) is 5.75 Å². The smallest absolute Gasteiger partial charge is 0.428 e. The molecule has 2 N–H and O–H groups in total. The Bertz CT molecular complexity index is 1750. The number of ether oxygens (including phenoxy) is 2. The first kappa shape index (κ1) is 37.2. The molecule has 0 saturated heterocycles. The molecule has 4 rings (SSSR count). The van der Waals surface area contributed by atoms with E-state index in [1.54, 1.807) is 30.3 Å². The van der Waals surface area contributed by atoms with E-state index in [0.717, 1.165) is 24.3 Å². The van der Waals surface area contributed by atoms with Gasteiger partial charge in [0.25, 0.3) is 5.91 Å². The Morgan fingerprint density at radius 2 is 1.51 bits per heavy atom. The zero-order valence-electron chi connectivity index (χ0n) is 25.5. The van der Waals surface area contributed by atoms with Crippen LogP contribution in [0.15, 0.2) is 84.9 Å². The molecule has 0 radical (unpaired) electrons. The number of alkyl halides is 7. The molecule has 5 nitrogen and oxygen atoms in total. The van der Waals surface area contributed by atoms with Crippen LogP contribution in [0.25, 0.3) is 0 Å². The molecule has 1 unspecified atom stereocenters. The van der Waals surface area contributed by atoms with Crippen LogP contribution < -0.4 is 15.4 Å². The quantitative estimate of drug-likeness (QED) is 0.103. The predicted octanol–water partition coefficient (Wildman–Crippen LogP) is 8.01. The zero-order valence-corrected chi connectivity index (χ0v) is 25.5. The first-order valence-electron chi connectivity index (χ1n) is 14.4. The Morgan fingerprint density at radius 1 is 0.816 bits per heavy atom. The second-order valence-corrected chi connectivity index (χ2v) is 10.8. The summed E-state index contributed by atoms with van der Waals surface area (Å²) in [6, 6.07) is 14.6. The number of halogens is 10. The molecule has 4 aromatic carbocycles. The average molecular weight is 703 g/mol. The second kappa shape index (κ2) is 15.3. The lowest BCUT2D eigenvalue weighted by Crippen LogP contribution is -2.49. The third-order valence-corrected chi connectivity index (χ3v) is 7.38. The summed E-state index contributed by atoms with van der Waals surface area (Å²) >= 11 is 0. The maximum Gasteiger partial charge on any atom is 0.461 e. The second-order valence-electron chi connectivity index (χ2n) is 10.8. The third-order valence-electron chi connectivity index (χ3n) is 7.38. The van der Waals surface area contributed by atoms with E-state index in [0.29, 0.717) is 17.7 Å². The highest BCUT2D eigenvalue weighted by Crippen LogP contribution is 2.39. The van der Waals surface area contributed by atoms with E-state index in [-0.39, 0.29) is 43.3 Å². The van der Waals surface area contributed by atoms with Gasteiger partial charge >= 0.3 is 18.7 Å². The summed E-state index contributed by atoms with van der Waals surface area (Å²) < 4.78 is 148. The molecular weight excluding hydrogens is 674 g/mol. The molecule has 4 aromatic rings. The number of hydrogen-bond acceptors (Lipinski definition) is 4. The first-order valence-corrected chi connectivity index (χ1v) is 14.4.